The molecule has 1 heterocycles. The summed E-state index contributed by atoms with van der Waals surface area (Å²) in [5.41, 5.74) is 7.34. The Kier molecular flexibility index (Phi) is 4.73. The summed E-state index contributed by atoms with van der Waals surface area (Å²) in [6, 6.07) is 2.31. The van der Waals surface area contributed by atoms with Crippen LogP contribution in [0.1, 0.15) is 63.0 Å². The molecule has 1 aliphatic rings. The molecule has 0 aliphatic heterocycles. The third-order valence-electron chi connectivity index (χ3n) is 4.33. The molecule has 112 valence electrons. The van der Waals surface area contributed by atoms with Crippen LogP contribution in [0.3, 0.4) is 0 Å². The molecule has 0 aromatic carbocycles. The predicted octanol–water partition coefficient (Wildman–Crippen LogP) is 3.30. The van der Waals surface area contributed by atoms with Gasteiger partial charge in [0.05, 0.1) is 5.69 Å². The summed E-state index contributed by atoms with van der Waals surface area (Å²) in [4.78, 5) is 14.7. The van der Waals surface area contributed by atoms with E-state index in [1.165, 1.54) is 0 Å². The number of carbonyl (C=O) groups is 1. The van der Waals surface area contributed by atoms with Crippen LogP contribution in [0.5, 0.6) is 0 Å². The van der Waals surface area contributed by atoms with Crippen LogP contribution in [0.15, 0.2) is 12.3 Å². The zero-order valence-electron chi connectivity index (χ0n) is 12.9. The normalized spacial score (nSPS) is 14.8. The average Bonchev–Trinajstić information content (AvgIpc) is 3.22. The zero-order valence-corrected chi connectivity index (χ0v) is 12.9. The fraction of sp³-hybridized carbons (Fsp3) is 0.688. The molecular weight excluding hydrogens is 250 g/mol. The minimum atomic E-state index is 0.128. The van der Waals surface area contributed by atoms with Crippen molar-refractivity contribution in [1.82, 2.24) is 9.47 Å². The molecule has 0 radical (unpaired) electrons. The first-order valence-electron chi connectivity index (χ1n) is 7.87. The van der Waals surface area contributed by atoms with Crippen LogP contribution in [-0.2, 0) is 0 Å². The van der Waals surface area contributed by atoms with Crippen molar-refractivity contribution in [3.8, 4) is 0 Å². The number of nitrogens with two attached hydrogens (primary N) is 1. The lowest BCUT2D eigenvalue weighted by Crippen LogP contribution is -2.36. The molecule has 4 nitrogen and oxygen atoms in total. The molecule has 0 spiro atoms. The smallest absolute Gasteiger partial charge is 0.270 e. The molecule has 1 aromatic rings. The highest BCUT2D eigenvalue weighted by atomic mass is 16.2. The summed E-state index contributed by atoms with van der Waals surface area (Å²) in [5.74, 6) is 0.712. The Morgan fingerprint density at radius 1 is 1.40 bits per heavy atom. The number of anilines is 1. The Morgan fingerprint density at radius 3 is 2.55 bits per heavy atom. The molecule has 2 rings (SSSR count). The van der Waals surface area contributed by atoms with Gasteiger partial charge in [0.1, 0.15) is 5.69 Å². The minimum absolute atomic E-state index is 0.128. The van der Waals surface area contributed by atoms with Crippen molar-refractivity contribution in [2.45, 2.75) is 52.5 Å². The summed E-state index contributed by atoms with van der Waals surface area (Å²) in [6.45, 7) is 8.03. The van der Waals surface area contributed by atoms with Gasteiger partial charge in [-0.05, 0) is 31.7 Å². The maximum Gasteiger partial charge on any atom is 0.270 e. The third-order valence-corrected chi connectivity index (χ3v) is 4.33. The van der Waals surface area contributed by atoms with Gasteiger partial charge in [-0.3, -0.25) is 4.79 Å². The fourth-order valence-corrected chi connectivity index (χ4v) is 2.70. The van der Waals surface area contributed by atoms with E-state index in [9.17, 15) is 4.79 Å². The molecule has 0 atom stereocenters. The summed E-state index contributed by atoms with van der Waals surface area (Å²) in [5, 5.41) is 0. The molecule has 1 aromatic heterocycles. The number of aromatic nitrogens is 1. The van der Waals surface area contributed by atoms with Crippen molar-refractivity contribution < 1.29 is 4.79 Å². The quantitative estimate of drug-likeness (QED) is 0.831. The fourth-order valence-electron chi connectivity index (χ4n) is 2.70. The number of hydrogen-bond donors (Lipinski definition) is 1. The SMILES string of the molecule is CCC(CC)CN(CC)C(=O)c1cc(N)cn1C1CC1. The second-order valence-electron chi connectivity index (χ2n) is 5.82. The van der Waals surface area contributed by atoms with Gasteiger partial charge in [0, 0.05) is 25.3 Å². The number of amides is 1. The molecule has 0 saturated heterocycles. The average molecular weight is 277 g/mol. The number of nitrogen functional groups attached to an aromatic ring is 1. The van der Waals surface area contributed by atoms with Crippen molar-refractivity contribution in [3.63, 3.8) is 0 Å². The van der Waals surface area contributed by atoms with Crippen LogP contribution in [0, 0.1) is 5.92 Å². The van der Waals surface area contributed by atoms with Crippen LogP contribution >= 0.6 is 0 Å². The highest BCUT2D eigenvalue weighted by molar-refractivity contribution is 5.94. The number of hydrogen-bond acceptors (Lipinski definition) is 2. The van der Waals surface area contributed by atoms with Gasteiger partial charge in [-0.1, -0.05) is 26.7 Å². The van der Waals surface area contributed by atoms with Crippen molar-refractivity contribution >= 4 is 11.6 Å². The monoisotopic (exact) mass is 277 g/mol. The summed E-state index contributed by atoms with van der Waals surface area (Å²) < 4.78 is 2.08. The first kappa shape index (κ1) is 14.9. The van der Waals surface area contributed by atoms with Crippen LogP contribution in [0.2, 0.25) is 0 Å². The lowest BCUT2D eigenvalue weighted by atomic mass is 10.0. The van der Waals surface area contributed by atoms with E-state index in [4.69, 9.17) is 5.73 Å². The number of carbonyl (C=O) groups excluding carboxylic acids is 1. The first-order valence-corrected chi connectivity index (χ1v) is 7.87. The Bertz CT molecular complexity index is 458. The highest BCUT2D eigenvalue weighted by Gasteiger charge is 2.29. The van der Waals surface area contributed by atoms with Crippen LogP contribution in [0.4, 0.5) is 5.69 Å². The van der Waals surface area contributed by atoms with Gasteiger partial charge < -0.3 is 15.2 Å². The Morgan fingerprint density at radius 2 is 2.05 bits per heavy atom. The Hall–Kier alpha value is -1.45. The van der Waals surface area contributed by atoms with Gasteiger partial charge in [0.2, 0.25) is 0 Å². The second kappa shape index (κ2) is 6.33. The molecule has 0 bridgehead atoms. The van der Waals surface area contributed by atoms with Crippen LogP contribution in [0.25, 0.3) is 0 Å². The van der Waals surface area contributed by atoms with E-state index in [2.05, 4.69) is 18.4 Å². The molecule has 20 heavy (non-hydrogen) atoms. The van der Waals surface area contributed by atoms with Gasteiger partial charge in [0.15, 0.2) is 0 Å². The van der Waals surface area contributed by atoms with E-state index in [1.54, 1.807) is 0 Å². The van der Waals surface area contributed by atoms with E-state index < -0.39 is 0 Å². The van der Waals surface area contributed by atoms with Crippen molar-refractivity contribution in [1.29, 1.82) is 0 Å². The van der Waals surface area contributed by atoms with E-state index in [1.807, 2.05) is 24.1 Å². The zero-order chi connectivity index (χ0) is 14.7. The Labute approximate surface area is 121 Å². The summed E-state index contributed by atoms with van der Waals surface area (Å²) in [6.07, 6.45) is 6.47. The van der Waals surface area contributed by atoms with Crippen LogP contribution < -0.4 is 5.73 Å². The molecule has 4 heteroatoms. The molecule has 2 N–H and O–H groups in total. The topological polar surface area (TPSA) is 51.3 Å². The number of rotatable bonds is 7. The van der Waals surface area contributed by atoms with E-state index >= 15 is 0 Å². The lowest BCUT2D eigenvalue weighted by molar-refractivity contribution is 0.0724. The van der Waals surface area contributed by atoms with Crippen molar-refractivity contribution in [3.05, 3.63) is 18.0 Å². The molecule has 1 aliphatic carbocycles. The van der Waals surface area contributed by atoms with E-state index in [-0.39, 0.29) is 5.91 Å². The molecule has 1 amide bonds. The van der Waals surface area contributed by atoms with Crippen molar-refractivity contribution in [2.24, 2.45) is 5.92 Å². The maximum atomic E-state index is 12.8. The lowest BCUT2D eigenvalue weighted by Gasteiger charge is -2.26. The highest BCUT2D eigenvalue weighted by Crippen LogP contribution is 2.37. The van der Waals surface area contributed by atoms with Gasteiger partial charge in [-0.25, -0.2) is 0 Å². The van der Waals surface area contributed by atoms with E-state index in [0.29, 0.717) is 17.6 Å². The number of nitrogens with zero attached hydrogens (tertiary/aromatic N) is 2. The third kappa shape index (κ3) is 3.17. The molecule has 0 unspecified atom stereocenters. The van der Waals surface area contributed by atoms with Gasteiger partial charge in [-0.2, -0.15) is 0 Å². The maximum absolute atomic E-state index is 12.8. The summed E-state index contributed by atoms with van der Waals surface area (Å²) in [7, 11) is 0. The Balaban J connectivity index is 2.15. The van der Waals surface area contributed by atoms with Gasteiger partial charge in [-0.15, -0.1) is 0 Å². The van der Waals surface area contributed by atoms with Crippen molar-refractivity contribution in [2.75, 3.05) is 18.8 Å². The molecule has 1 fully saturated rings. The van der Waals surface area contributed by atoms with Gasteiger partial charge >= 0.3 is 0 Å². The van der Waals surface area contributed by atoms with Crippen LogP contribution in [-0.4, -0.2) is 28.5 Å². The predicted molar refractivity (Wildman–Crippen MR) is 82.8 cm³/mol. The summed E-state index contributed by atoms with van der Waals surface area (Å²) >= 11 is 0. The largest absolute Gasteiger partial charge is 0.397 e. The van der Waals surface area contributed by atoms with Gasteiger partial charge in [0.25, 0.3) is 5.91 Å². The standard InChI is InChI=1S/C16H27N3O/c1-4-12(5-2)10-18(6-3)16(20)15-9-13(17)11-19(15)14-7-8-14/h9,11-12,14H,4-8,10,17H2,1-3H3. The second-order valence-corrected chi connectivity index (χ2v) is 5.82. The first-order chi connectivity index (χ1) is 9.60. The minimum Gasteiger partial charge on any atom is -0.397 e. The molecular formula is C16H27N3O. The van der Waals surface area contributed by atoms with E-state index in [0.717, 1.165) is 44.5 Å². The molecule has 1 saturated carbocycles.